The largest absolute Gasteiger partial charge is 0.385 e. The van der Waals surface area contributed by atoms with Crippen molar-refractivity contribution in [3.05, 3.63) is 35.1 Å². The number of hydrogen-bond donors (Lipinski definition) is 1. The average Bonchev–Trinajstić information content (AvgIpc) is 2.37. The number of carbonyl (C=O) groups excluding carboxylic acids is 1. The molecule has 18 heavy (non-hydrogen) atoms. The topological polar surface area (TPSA) is 62.1 Å². The van der Waals surface area contributed by atoms with Gasteiger partial charge in [-0.1, -0.05) is 6.07 Å². The second-order valence-corrected chi connectivity index (χ2v) is 3.79. The molecule has 0 aliphatic rings. The van der Waals surface area contributed by atoms with Gasteiger partial charge in [-0.15, -0.1) is 0 Å². The van der Waals surface area contributed by atoms with E-state index in [9.17, 15) is 9.18 Å². The predicted molar refractivity (Wildman–Crippen MR) is 64.1 cm³/mol. The second kappa shape index (κ2) is 7.41. The van der Waals surface area contributed by atoms with Crippen LogP contribution in [0.25, 0.3) is 0 Å². The number of nitrogens with zero attached hydrogens (tertiary/aromatic N) is 1. The van der Waals surface area contributed by atoms with Gasteiger partial charge < -0.3 is 10.1 Å². The summed E-state index contributed by atoms with van der Waals surface area (Å²) < 4.78 is 18.3. The van der Waals surface area contributed by atoms with E-state index < -0.39 is 5.82 Å². The third-order valence-corrected chi connectivity index (χ3v) is 2.41. The monoisotopic (exact) mass is 250 g/mol. The molecule has 5 heteroatoms. The van der Waals surface area contributed by atoms with Gasteiger partial charge >= 0.3 is 0 Å². The average molecular weight is 250 g/mol. The van der Waals surface area contributed by atoms with Gasteiger partial charge in [-0.3, -0.25) is 4.79 Å². The molecule has 0 fully saturated rings. The summed E-state index contributed by atoms with van der Waals surface area (Å²) in [6.45, 7) is 0.655. The number of benzene rings is 1. The molecule has 1 amide bonds. The molecule has 0 heterocycles. The van der Waals surface area contributed by atoms with E-state index in [1.54, 1.807) is 7.11 Å². The van der Waals surface area contributed by atoms with Crippen molar-refractivity contribution in [3.8, 4) is 6.07 Å². The number of amides is 1. The second-order valence-electron chi connectivity index (χ2n) is 3.79. The van der Waals surface area contributed by atoms with Crippen LogP contribution in [0.1, 0.15) is 24.0 Å². The SMILES string of the molecule is COCCCC(=O)NCc1ccc(C#N)cc1F. The van der Waals surface area contributed by atoms with Crippen LogP contribution in [0.2, 0.25) is 0 Å². The molecular formula is C13H15FN2O2. The minimum atomic E-state index is -0.480. The maximum Gasteiger partial charge on any atom is 0.220 e. The molecule has 0 atom stereocenters. The number of nitriles is 1. The zero-order valence-electron chi connectivity index (χ0n) is 10.2. The Morgan fingerprint density at radius 1 is 1.56 bits per heavy atom. The van der Waals surface area contributed by atoms with Crippen molar-refractivity contribution in [2.45, 2.75) is 19.4 Å². The third-order valence-electron chi connectivity index (χ3n) is 2.41. The number of carbonyl (C=O) groups is 1. The minimum absolute atomic E-state index is 0.128. The van der Waals surface area contributed by atoms with Crippen LogP contribution < -0.4 is 5.32 Å². The van der Waals surface area contributed by atoms with Crippen molar-refractivity contribution in [2.75, 3.05) is 13.7 Å². The molecule has 96 valence electrons. The first-order valence-corrected chi connectivity index (χ1v) is 5.61. The van der Waals surface area contributed by atoms with E-state index in [1.807, 2.05) is 6.07 Å². The van der Waals surface area contributed by atoms with Crippen molar-refractivity contribution < 1.29 is 13.9 Å². The maximum atomic E-state index is 13.5. The van der Waals surface area contributed by atoms with E-state index >= 15 is 0 Å². The molecule has 0 radical (unpaired) electrons. The van der Waals surface area contributed by atoms with E-state index in [4.69, 9.17) is 10.00 Å². The molecule has 0 aliphatic heterocycles. The van der Waals surface area contributed by atoms with Gasteiger partial charge in [0.1, 0.15) is 5.82 Å². The Hall–Kier alpha value is -1.93. The van der Waals surface area contributed by atoms with E-state index in [0.29, 0.717) is 25.0 Å². The summed E-state index contributed by atoms with van der Waals surface area (Å²) in [5, 5.41) is 11.2. The fourth-order valence-corrected chi connectivity index (χ4v) is 1.42. The molecule has 0 spiro atoms. The van der Waals surface area contributed by atoms with Crippen molar-refractivity contribution in [1.82, 2.24) is 5.32 Å². The molecule has 0 aliphatic carbocycles. The first kappa shape index (κ1) is 14.1. The van der Waals surface area contributed by atoms with E-state index in [0.717, 1.165) is 6.07 Å². The Kier molecular flexibility index (Phi) is 5.81. The van der Waals surface area contributed by atoms with E-state index in [-0.39, 0.29) is 18.0 Å². The third kappa shape index (κ3) is 4.52. The van der Waals surface area contributed by atoms with Crippen LogP contribution >= 0.6 is 0 Å². The smallest absolute Gasteiger partial charge is 0.220 e. The highest BCUT2D eigenvalue weighted by atomic mass is 19.1. The molecule has 1 aromatic rings. The highest BCUT2D eigenvalue weighted by Gasteiger charge is 2.06. The van der Waals surface area contributed by atoms with Crippen LogP contribution in [0.4, 0.5) is 4.39 Å². The van der Waals surface area contributed by atoms with Crippen LogP contribution in [-0.2, 0) is 16.1 Å². The Labute approximate surface area is 105 Å². The first-order chi connectivity index (χ1) is 8.67. The molecule has 0 unspecified atom stereocenters. The quantitative estimate of drug-likeness (QED) is 0.782. The normalized spacial score (nSPS) is 9.83. The number of nitrogens with one attached hydrogen (secondary N) is 1. The lowest BCUT2D eigenvalue weighted by Gasteiger charge is -2.06. The van der Waals surface area contributed by atoms with Gasteiger partial charge in [0.15, 0.2) is 0 Å². The first-order valence-electron chi connectivity index (χ1n) is 5.61. The summed E-state index contributed by atoms with van der Waals surface area (Å²) in [4.78, 5) is 11.4. The number of halogens is 1. The summed E-state index contributed by atoms with van der Waals surface area (Å²) in [6, 6.07) is 6.04. The van der Waals surface area contributed by atoms with Crippen molar-refractivity contribution in [1.29, 1.82) is 5.26 Å². The summed E-state index contributed by atoms with van der Waals surface area (Å²) in [5.74, 6) is -0.623. The standard InChI is InChI=1S/C13H15FN2O2/c1-18-6-2-3-13(17)16-9-11-5-4-10(8-15)7-12(11)14/h4-5,7H,2-3,6,9H2,1H3,(H,16,17). The lowest BCUT2D eigenvalue weighted by atomic mass is 10.1. The van der Waals surface area contributed by atoms with Gasteiger partial charge in [-0.25, -0.2) is 4.39 Å². The Morgan fingerprint density at radius 3 is 2.94 bits per heavy atom. The Bertz CT molecular complexity index is 455. The lowest BCUT2D eigenvalue weighted by molar-refractivity contribution is -0.121. The van der Waals surface area contributed by atoms with Gasteiger partial charge in [0.05, 0.1) is 11.6 Å². The van der Waals surface area contributed by atoms with Crippen LogP contribution in [0.15, 0.2) is 18.2 Å². The van der Waals surface area contributed by atoms with Crippen LogP contribution in [-0.4, -0.2) is 19.6 Å². The molecule has 0 bridgehead atoms. The Morgan fingerprint density at radius 2 is 2.33 bits per heavy atom. The van der Waals surface area contributed by atoms with E-state index in [2.05, 4.69) is 5.32 Å². The fraction of sp³-hybridized carbons (Fsp3) is 0.385. The van der Waals surface area contributed by atoms with E-state index in [1.165, 1.54) is 12.1 Å². The van der Waals surface area contributed by atoms with Crippen LogP contribution in [0.3, 0.4) is 0 Å². The predicted octanol–water partition coefficient (Wildman–Crippen LogP) is 1.74. The van der Waals surface area contributed by atoms with Crippen molar-refractivity contribution >= 4 is 5.91 Å². The highest BCUT2D eigenvalue weighted by molar-refractivity contribution is 5.75. The van der Waals surface area contributed by atoms with Crippen LogP contribution in [0, 0.1) is 17.1 Å². The summed E-state index contributed by atoms with van der Waals surface area (Å²) in [6.07, 6.45) is 0.990. The van der Waals surface area contributed by atoms with Gasteiger partial charge in [-0.05, 0) is 18.6 Å². The molecule has 0 aromatic heterocycles. The molecule has 0 saturated heterocycles. The van der Waals surface area contributed by atoms with Crippen molar-refractivity contribution in [3.63, 3.8) is 0 Å². The lowest BCUT2D eigenvalue weighted by Crippen LogP contribution is -2.23. The van der Waals surface area contributed by atoms with Gasteiger partial charge in [0.2, 0.25) is 5.91 Å². The summed E-state index contributed by atoms with van der Waals surface area (Å²) >= 11 is 0. The highest BCUT2D eigenvalue weighted by Crippen LogP contribution is 2.09. The number of rotatable bonds is 6. The molecule has 4 nitrogen and oxygen atoms in total. The Balaban J connectivity index is 2.44. The minimum Gasteiger partial charge on any atom is -0.385 e. The fourth-order valence-electron chi connectivity index (χ4n) is 1.42. The number of ether oxygens (including phenoxy) is 1. The molecule has 0 saturated carbocycles. The maximum absolute atomic E-state index is 13.5. The number of hydrogen-bond acceptors (Lipinski definition) is 3. The molecule has 1 aromatic carbocycles. The zero-order valence-corrected chi connectivity index (χ0v) is 10.2. The van der Waals surface area contributed by atoms with Gasteiger partial charge in [0.25, 0.3) is 0 Å². The van der Waals surface area contributed by atoms with Gasteiger partial charge in [0, 0.05) is 32.2 Å². The van der Waals surface area contributed by atoms with Gasteiger partial charge in [-0.2, -0.15) is 5.26 Å². The molecule has 1 N–H and O–H groups in total. The van der Waals surface area contributed by atoms with Crippen LogP contribution in [0.5, 0.6) is 0 Å². The molecule has 1 rings (SSSR count). The number of methoxy groups -OCH3 is 1. The van der Waals surface area contributed by atoms with Crippen molar-refractivity contribution in [2.24, 2.45) is 0 Å². The molecular weight excluding hydrogens is 235 g/mol. The summed E-state index contributed by atoms with van der Waals surface area (Å²) in [5.41, 5.74) is 0.636. The summed E-state index contributed by atoms with van der Waals surface area (Å²) in [7, 11) is 1.57. The zero-order chi connectivity index (χ0) is 13.4.